The van der Waals surface area contributed by atoms with Crippen molar-refractivity contribution >= 4 is 11.9 Å². The molecule has 0 unspecified atom stereocenters. The number of benzene rings is 1. The third-order valence-corrected chi connectivity index (χ3v) is 5.75. The molecular weight excluding hydrogens is 359 g/mol. The molecule has 2 aliphatic heterocycles. The van der Waals surface area contributed by atoms with Crippen molar-refractivity contribution < 1.29 is 14.0 Å². The summed E-state index contributed by atoms with van der Waals surface area (Å²) in [6.45, 7) is 1.19. The van der Waals surface area contributed by atoms with Gasteiger partial charge in [-0.3, -0.25) is 9.78 Å². The van der Waals surface area contributed by atoms with E-state index in [2.05, 4.69) is 15.6 Å². The Morgan fingerprint density at radius 3 is 2.32 bits per heavy atom. The van der Waals surface area contributed by atoms with Crippen molar-refractivity contribution in [3.63, 3.8) is 0 Å². The third-order valence-electron chi connectivity index (χ3n) is 5.75. The van der Waals surface area contributed by atoms with E-state index in [1.54, 1.807) is 29.4 Å². The number of carbonyl (C=O) groups is 2. The van der Waals surface area contributed by atoms with Crippen LogP contribution in [0.2, 0.25) is 0 Å². The Labute approximate surface area is 163 Å². The molecule has 4 rings (SSSR count). The lowest BCUT2D eigenvalue weighted by Crippen LogP contribution is -2.54. The van der Waals surface area contributed by atoms with Gasteiger partial charge in [-0.25, -0.2) is 9.18 Å². The Morgan fingerprint density at radius 2 is 1.71 bits per heavy atom. The molecule has 28 heavy (non-hydrogen) atoms. The summed E-state index contributed by atoms with van der Waals surface area (Å²) in [5.74, 6) is -0.213. The van der Waals surface area contributed by atoms with Gasteiger partial charge in [-0.2, -0.15) is 0 Å². The predicted molar refractivity (Wildman–Crippen MR) is 102 cm³/mol. The van der Waals surface area contributed by atoms with Crippen LogP contribution >= 0.6 is 0 Å². The number of nitrogens with one attached hydrogen (secondary N) is 2. The second-order valence-corrected chi connectivity index (χ2v) is 7.53. The molecule has 0 aliphatic carbocycles. The van der Waals surface area contributed by atoms with Crippen LogP contribution < -0.4 is 10.6 Å². The summed E-state index contributed by atoms with van der Waals surface area (Å²) in [6, 6.07) is 9.27. The number of hydrogen-bond donors (Lipinski definition) is 2. The van der Waals surface area contributed by atoms with Crippen molar-refractivity contribution in [1.82, 2.24) is 20.5 Å². The van der Waals surface area contributed by atoms with E-state index in [-0.39, 0.29) is 23.3 Å². The van der Waals surface area contributed by atoms with E-state index >= 15 is 0 Å². The summed E-state index contributed by atoms with van der Waals surface area (Å²) in [4.78, 5) is 30.3. The minimum absolute atomic E-state index is 0.104. The third kappa shape index (κ3) is 3.83. The maximum absolute atomic E-state index is 13.3. The van der Waals surface area contributed by atoms with Gasteiger partial charge in [0.05, 0.1) is 6.04 Å². The van der Waals surface area contributed by atoms with E-state index < -0.39 is 6.04 Å². The number of nitrogens with zero attached hydrogens (tertiary/aromatic N) is 2. The Bertz CT molecular complexity index is 848. The number of urea groups is 1. The monoisotopic (exact) mass is 382 g/mol. The highest BCUT2D eigenvalue weighted by Crippen LogP contribution is 2.31. The Hall–Kier alpha value is -2.96. The Kier molecular flexibility index (Phi) is 4.98. The fraction of sp³-hybridized carbons (Fsp3) is 0.381. The highest BCUT2D eigenvalue weighted by molar-refractivity contribution is 5.80. The van der Waals surface area contributed by atoms with E-state index in [0.29, 0.717) is 19.5 Å². The van der Waals surface area contributed by atoms with E-state index in [1.165, 1.54) is 12.1 Å². The van der Waals surface area contributed by atoms with Crippen LogP contribution in [0.3, 0.4) is 0 Å². The second kappa shape index (κ2) is 7.58. The molecule has 1 atom stereocenters. The standard InChI is InChI=1S/C21H23FN4O2/c22-17-3-1-15(2-4-17)19(16-6-11-23-12-7-16)24-20(28)26-13-9-21(10-14-26)8-5-18(27)25-21/h1-4,6-7,11-12,19H,5,8-10,13-14H2,(H,24,28)(H,25,27)/t19-/m0/s1. The summed E-state index contributed by atoms with van der Waals surface area (Å²) in [5.41, 5.74) is 1.54. The second-order valence-electron chi connectivity index (χ2n) is 7.53. The number of amides is 3. The summed E-state index contributed by atoms with van der Waals surface area (Å²) in [6.07, 6.45) is 6.29. The quantitative estimate of drug-likeness (QED) is 0.857. The SMILES string of the molecule is O=C1CCC2(CCN(C(=O)N[C@H](c3ccncc3)c3ccc(F)cc3)CC2)N1. The first-order valence-electron chi connectivity index (χ1n) is 9.57. The highest BCUT2D eigenvalue weighted by atomic mass is 19.1. The maximum atomic E-state index is 13.3. The van der Waals surface area contributed by atoms with E-state index in [0.717, 1.165) is 30.4 Å². The number of hydrogen-bond acceptors (Lipinski definition) is 3. The zero-order valence-electron chi connectivity index (χ0n) is 15.5. The minimum atomic E-state index is -0.391. The molecule has 146 valence electrons. The molecular formula is C21H23FN4O2. The average molecular weight is 382 g/mol. The van der Waals surface area contributed by atoms with Gasteiger partial charge in [0.25, 0.3) is 0 Å². The molecule has 2 aromatic rings. The first-order valence-corrected chi connectivity index (χ1v) is 9.57. The Morgan fingerprint density at radius 1 is 1.07 bits per heavy atom. The van der Waals surface area contributed by atoms with Crippen LogP contribution in [0.5, 0.6) is 0 Å². The van der Waals surface area contributed by atoms with Gasteiger partial charge in [-0.05, 0) is 54.7 Å². The molecule has 3 amide bonds. The van der Waals surface area contributed by atoms with Gasteiger partial charge >= 0.3 is 6.03 Å². The van der Waals surface area contributed by atoms with E-state index in [4.69, 9.17) is 0 Å². The van der Waals surface area contributed by atoms with Crippen LogP contribution in [-0.4, -0.2) is 40.5 Å². The largest absolute Gasteiger partial charge is 0.351 e. The number of likely N-dealkylation sites (tertiary alicyclic amines) is 1. The lowest BCUT2D eigenvalue weighted by atomic mass is 9.86. The highest BCUT2D eigenvalue weighted by Gasteiger charge is 2.41. The zero-order valence-corrected chi connectivity index (χ0v) is 15.5. The summed E-state index contributed by atoms with van der Waals surface area (Å²) in [7, 11) is 0. The topological polar surface area (TPSA) is 74.3 Å². The van der Waals surface area contributed by atoms with Crippen molar-refractivity contribution in [3.8, 4) is 0 Å². The smallest absolute Gasteiger partial charge is 0.318 e. The first-order chi connectivity index (χ1) is 13.5. The van der Waals surface area contributed by atoms with Crippen molar-refractivity contribution in [2.75, 3.05) is 13.1 Å². The molecule has 3 heterocycles. The summed E-state index contributed by atoms with van der Waals surface area (Å²) >= 11 is 0. The predicted octanol–water partition coefficient (Wildman–Crippen LogP) is 2.76. The fourth-order valence-corrected chi connectivity index (χ4v) is 4.07. The molecule has 0 saturated carbocycles. The molecule has 0 bridgehead atoms. The van der Waals surface area contributed by atoms with Crippen LogP contribution in [0.25, 0.3) is 0 Å². The van der Waals surface area contributed by atoms with Crippen LogP contribution in [0.15, 0.2) is 48.8 Å². The van der Waals surface area contributed by atoms with Gasteiger partial charge in [0.15, 0.2) is 0 Å². The molecule has 1 aromatic heterocycles. The zero-order chi connectivity index (χ0) is 19.6. The number of aromatic nitrogens is 1. The summed E-state index contributed by atoms with van der Waals surface area (Å²) < 4.78 is 13.3. The Balaban J connectivity index is 1.47. The normalized spacial score (nSPS) is 19.3. The molecule has 7 heteroatoms. The van der Waals surface area contributed by atoms with Crippen LogP contribution in [-0.2, 0) is 4.79 Å². The fourth-order valence-electron chi connectivity index (χ4n) is 4.07. The lowest BCUT2D eigenvalue weighted by Gasteiger charge is -2.39. The number of pyridine rings is 1. The summed E-state index contributed by atoms with van der Waals surface area (Å²) in [5, 5.41) is 6.16. The van der Waals surface area contributed by atoms with Crippen LogP contribution in [0.4, 0.5) is 9.18 Å². The molecule has 2 saturated heterocycles. The number of rotatable bonds is 3. The molecule has 1 aromatic carbocycles. The van der Waals surface area contributed by atoms with Gasteiger partial charge in [0.2, 0.25) is 5.91 Å². The van der Waals surface area contributed by atoms with Crippen molar-refractivity contribution in [2.24, 2.45) is 0 Å². The molecule has 2 aliphatic rings. The van der Waals surface area contributed by atoms with Gasteiger partial charge in [-0.15, -0.1) is 0 Å². The maximum Gasteiger partial charge on any atom is 0.318 e. The molecule has 0 radical (unpaired) electrons. The minimum Gasteiger partial charge on any atom is -0.351 e. The molecule has 6 nitrogen and oxygen atoms in total. The number of carbonyl (C=O) groups excluding carboxylic acids is 2. The van der Waals surface area contributed by atoms with Gasteiger partial charge < -0.3 is 15.5 Å². The van der Waals surface area contributed by atoms with Gasteiger partial charge in [0, 0.05) is 37.4 Å². The number of halogens is 1. The van der Waals surface area contributed by atoms with Gasteiger partial charge in [-0.1, -0.05) is 12.1 Å². The number of piperidine rings is 1. The average Bonchev–Trinajstić information content (AvgIpc) is 3.08. The van der Waals surface area contributed by atoms with Crippen molar-refractivity contribution in [2.45, 2.75) is 37.3 Å². The van der Waals surface area contributed by atoms with Crippen LogP contribution in [0, 0.1) is 5.82 Å². The first kappa shape index (κ1) is 18.4. The molecule has 1 spiro atoms. The van der Waals surface area contributed by atoms with Crippen LogP contribution in [0.1, 0.15) is 42.9 Å². The molecule has 2 fully saturated rings. The van der Waals surface area contributed by atoms with E-state index in [1.807, 2.05) is 12.1 Å². The van der Waals surface area contributed by atoms with E-state index in [9.17, 15) is 14.0 Å². The van der Waals surface area contributed by atoms with Crippen molar-refractivity contribution in [3.05, 3.63) is 65.7 Å². The molecule has 2 N–H and O–H groups in total. The van der Waals surface area contributed by atoms with Gasteiger partial charge in [0.1, 0.15) is 5.82 Å². The van der Waals surface area contributed by atoms with Crippen molar-refractivity contribution in [1.29, 1.82) is 0 Å². The lowest BCUT2D eigenvalue weighted by molar-refractivity contribution is -0.120.